The molecule has 0 bridgehead atoms. The van der Waals surface area contributed by atoms with Crippen LogP contribution in [-0.4, -0.2) is 49.9 Å². The fraction of sp³-hybridized carbons (Fsp3) is 0.417. The van der Waals surface area contributed by atoms with Gasteiger partial charge >= 0.3 is 0 Å². The van der Waals surface area contributed by atoms with Crippen molar-refractivity contribution in [3.63, 3.8) is 0 Å². The number of fused-ring (bicyclic) bond motifs is 1. The maximum atomic E-state index is 12.1. The van der Waals surface area contributed by atoms with E-state index in [1.807, 2.05) is 36.0 Å². The van der Waals surface area contributed by atoms with E-state index in [1.54, 1.807) is 6.92 Å². The predicted octanol–water partition coefficient (Wildman–Crippen LogP) is 3.26. The van der Waals surface area contributed by atoms with Crippen LogP contribution in [0.15, 0.2) is 42.5 Å². The second kappa shape index (κ2) is 9.23. The number of likely N-dealkylation sites (N-methyl/N-ethyl adjacent to an activating group) is 1. The minimum absolute atomic E-state index is 0.0480. The Labute approximate surface area is 173 Å². The van der Waals surface area contributed by atoms with Crippen LogP contribution in [0.5, 0.6) is 0 Å². The van der Waals surface area contributed by atoms with E-state index in [1.165, 1.54) is 5.56 Å². The summed E-state index contributed by atoms with van der Waals surface area (Å²) in [5, 5.41) is 2.95. The number of carbonyl (C=O) groups is 2. The van der Waals surface area contributed by atoms with Gasteiger partial charge in [0.1, 0.15) is 0 Å². The van der Waals surface area contributed by atoms with E-state index >= 15 is 0 Å². The molecule has 0 fully saturated rings. The maximum absolute atomic E-state index is 12.1. The van der Waals surface area contributed by atoms with Gasteiger partial charge in [0.25, 0.3) is 0 Å². The maximum Gasteiger partial charge on any atom is 0.224 e. The summed E-state index contributed by atoms with van der Waals surface area (Å²) in [5.74, 6) is 0.145. The summed E-state index contributed by atoms with van der Waals surface area (Å²) < 4.78 is 0. The van der Waals surface area contributed by atoms with Crippen molar-refractivity contribution >= 4 is 17.5 Å². The van der Waals surface area contributed by atoms with Crippen LogP contribution in [0.4, 0.5) is 5.69 Å². The Balaban J connectivity index is 1.69. The van der Waals surface area contributed by atoms with E-state index in [-0.39, 0.29) is 17.9 Å². The van der Waals surface area contributed by atoms with E-state index in [0.29, 0.717) is 13.0 Å². The van der Waals surface area contributed by atoms with Gasteiger partial charge in [0.15, 0.2) is 0 Å². The number of aryl methyl sites for hydroxylation is 1. The lowest BCUT2D eigenvalue weighted by Gasteiger charge is -2.34. The summed E-state index contributed by atoms with van der Waals surface area (Å²) in [6.45, 7) is 5.24. The molecule has 1 N–H and O–H groups in total. The summed E-state index contributed by atoms with van der Waals surface area (Å²) in [4.78, 5) is 28.1. The van der Waals surface area contributed by atoms with Crippen LogP contribution in [-0.2, 0) is 22.4 Å². The number of hydrogen-bond donors (Lipinski definition) is 1. The Morgan fingerprint density at radius 1 is 1.10 bits per heavy atom. The highest BCUT2D eigenvalue weighted by Gasteiger charge is 2.26. The predicted molar refractivity (Wildman–Crippen MR) is 118 cm³/mol. The molecule has 0 unspecified atom stereocenters. The first-order valence-corrected chi connectivity index (χ1v) is 10.3. The SMILES string of the molecule is CC(=O)N1c2ccc(-c3ccc(CC(=O)NCCN(C)C)cc3)cc2CC[C@@H]1C. The van der Waals surface area contributed by atoms with Crippen molar-refractivity contribution in [3.8, 4) is 11.1 Å². The van der Waals surface area contributed by atoms with Crippen LogP contribution in [0.1, 0.15) is 31.4 Å². The summed E-state index contributed by atoms with van der Waals surface area (Å²) in [6, 6.07) is 14.8. The molecule has 2 aromatic rings. The molecule has 5 heteroatoms. The Hall–Kier alpha value is -2.66. The van der Waals surface area contributed by atoms with E-state index in [4.69, 9.17) is 0 Å². The molecule has 29 heavy (non-hydrogen) atoms. The normalized spacial score (nSPS) is 15.9. The fourth-order valence-corrected chi connectivity index (χ4v) is 3.89. The van der Waals surface area contributed by atoms with Gasteiger partial charge in [0.2, 0.25) is 11.8 Å². The topological polar surface area (TPSA) is 52.7 Å². The molecule has 0 aliphatic carbocycles. The number of hydrogen-bond acceptors (Lipinski definition) is 3. The Morgan fingerprint density at radius 2 is 1.79 bits per heavy atom. The van der Waals surface area contributed by atoms with Crippen molar-refractivity contribution < 1.29 is 9.59 Å². The minimum atomic E-state index is 0.0480. The first kappa shape index (κ1) is 21.1. The zero-order chi connectivity index (χ0) is 21.0. The molecule has 0 radical (unpaired) electrons. The first-order valence-electron chi connectivity index (χ1n) is 10.3. The van der Waals surface area contributed by atoms with Crippen molar-refractivity contribution in [2.75, 3.05) is 32.1 Å². The molecule has 1 heterocycles. The van der Waals surface area contributed by atoms with Crippen molar-refractivity contribution in [3.05, 3.63) is 53.6 Å². The minimum Gasteiger partial charge on any atom is -0.355 e. The number of carbonyl (C=O) groups excluding carboxylic acids is 2. The highest BCUT2D eigenvalue weighted by atomic mass is 16.2. The van der Waals surface area contributed by atoms with Crippen molar-refractivity contribution in [2.24, 2.45) is 0 Å². The number of anilines is 1. The van der Waals surface area contributed by atoms with Crippen LogP contribution in [0.25, 0.3) is 11.1 Å². The Bertz CT molecular complexity index is 874. The summed E-state index contributed by atoms with van der Waals surface area (Å²) >= 11 is 0. The van der Waals surface area contributed by atoms with Gasteiger partial charge in [-0.05, 0) is 68.2 Å². The lowest BCUT2D eigenvalue weighted by Crippen LogP contribution is -2.40. The van der Waals surface area contributed by atoms with Gasteiger partial charge in [-0.15, -0.1) is 0 Å². The van der Waals surface area contributed by atoms with Crippen LogP contribution >= 0.6 is 0 Å². The van der Waals surface area contributed by atoms with Gasteiger partial charge in [-0.3, -0.25) is 9.59 Å². The molecule has 2 aromatic carbocycles. The monoisotopic (exact) mass is 393 g/mol. The molecule has 1 aliphatic rings. The number of nitrogens with zero attached hydrogens (tertiary/aromatic N) is 2. The van der Waals surface area contributed by atoms with Gasteiger partial charge < -0.3 is 15.1 Å². The number of benzene rings is 2. The second-order valence-corrected chi connectivity index (χ2v) is 8.15. The Kier molecular flexibility index (Phi) is 6.70. The molecule has 0 spiro atoms. The number of amides is 2. The zero-order valence-corrected chi connectivity index (χ0v) is 17.9. The van der Waals surface area contributed by atoms with Crippen LogP contribution in [0.2, 0.25) is 0 Å². The lowest BCUT2D eigenvalue weighted by atomic mass is 9.92. The lowest BCUT2D eigenvalue weighted by molar-refractivity contribution is -0.120. The quantitative estimate of drug-likeness (QED) is 0.820. The first-order chi connectivity index (χ1) is 13.8. The number of rotatable bonds is 6. The molecule has 3 rings (SSSR count). The van der Waals surface area contributed by atoms with E-state index in [9.17, 15) is 9.59 Å². The highest BCUT2D eigenvalue weighted by molar-refractivity contribution is 5.94. The summed E-state index contributed by atoms with van der Waals surface area (Å²) in [5.41, 5.74) is 5.53. The van der Waals surface area contributed by atoms with Gasteiger partial charge in [-0.1, -0.05) is 30.3 Å². The second-order valence-electron chi connectivity index (χ2n) is 8.15. The zero-order valence-electron chi connectivity index (χ0n) is 17.9. The molecular formula is C24H31N3O2. The molecule has 5 nitrogen and oxygen atoms in total. The number of nitrogens with one attached hydrogen (secondary N) is 1. The third kappa shape index (κ3) is 5.24. The third-order valence-corrected chi connectivity index (χ3v) is 5.48. The third-order valence-electron chi connectivity index (χ3n) is 5.48. The van der Waals surface area contributed by atoms with E-state index in [0.717, 1.165) is 41.8 Å². The van der Waals surface area contributed by atoms with Crippen LogP contribution in [0.3, 0.4) is 0 Å². The largest absolute Gasteiger partial charge is 0.355 e. The summed E-state index contributed by atoms with van der Waals surface area (Å²) in [7, 11) is 3.98. The molecule has 2 amide bonds. The van der Waals surface area contributed by atoms with Gasteiger partial charge in [0, 0.05) is 31.7 Å². The average molecular weight is 394 g/mol. The van der Waals surface area contributed by atoms with Crippen LogP contribution in [0, 0.1) is 0 Å². The van der Waals surface area contributed by atoms with Gasteiger partial charge in [0.05, 0.1) is 6.42 Å². The fourth-order valence-electron chi connectivity index (χ4n) is 3.89. The smallest absolute Gasteiger partial charge is 0.224 e. The molecule has 0 saturated carbocycles. The van der Waals surface area contributed by atoms with Gasteiger partial charge in [-0.2, -0.15) is 0 Å². The highest BCUT2D eigenvalue weighted by Crippen LogP contribution is 2.34. The Morgan fingerprint density at radius 3 is 2.45 bits per heavy atom. The average Bonchev–Trinajstić information content (AvgIpc) is 2.67. The van der Waals surface area contributed by atoms with Crippen molar-refractivity contribution in [1.82, 2.24) is 10.2 Å². The molecule has 1 aliphatic heterocycles. The molecule has 0 aromatic heterocycles. The molecular weight excluding hydrogens is 362 g/mol. The van der Waals surface area contributed by atoms with Gasteiger partial charge in [-0.25, -0.2) is 0 Å². The molecule has 154 valence electrons. The van der Waals surface area contributed by atoms with Crippen molar-refractivity contribution in [1.29, 1.82) is 0 Å². The van der Waals surface area contributed by atoms with Crippen LogP contribution < -0.4 is 10.2 Å². The molecule has 0 saturated heterocycles. The molecule has 1 atom stereocenters. The van der Waals surface area contributed by atoms with E-state index in [2.05, 4.69) is 42.6 Å². The standard InChI is InChI=1S/C24H31N3O2/c1-17-5-8-22-16-21(11-12-23(22)27(17)18(2)28)20-9-6-19(7-10-20)15-24(29)25-13-14-26(3)4/h6-7,9-12,16-17H,5,8,13-15H2,1-4H3,(H,25,29)/t17-/m0/s1. The summed E-state index contributed by atoms with van der Waals surface area (Å²) in [6.07, 6.45) is 2.36. The van der Waals surface area contributed by atoms with E-state index < -0.39 is 0 Å². The van der Waals surface area contributed by atoms with Crippen molar-refractivity contribution in [2.45, 2.75) is 39.2 Å².